The minimum Gasteiger partial charge on any atom is -0.382 e. The molecule has 134 valence electrons. The smallest absolute Gasteiger partial charge is 0.269 e. The molecule has 26 heavy (non-hydrogen) atoms. The minimum atomic E-state index is -0.328. The van der Waals surface area contributed by atoms with Crippen molar-refractivity contribution in [2.24, 2.45) is 0 Å². The highest BCUT2D eigenvalue weighted by atomic mass is 35.5. The Bertz CT molecular complexity index is 917. The van der Waals surface area contributed by atoms with E-state index in [0.29, 0.717) is 20.7 Å². The molecule has 0 bridgehead atoms. The molecule has 0 saturated heterocycles. The standard InChI is InChI=1S/C19H19ClN4OS/c1-3-12-7-9-13(10-8-12)22-19-24-17(21)16(26-19)18(25)23-15-11(2)5-4-6-14(15)20/h4-10H,3,21H2,1-2H3,(H,22,24)(H,23,25). The normalized spacial score (nSPS) is 10.6. The van der Waals surface area contributed by atoms with E-state index in [4.69, 9.17) is 17.3 Å². The number of nitrogens with zero attached hydrogens (tertiary/aromatic N) is 1. The molecule has 1 heterocycles. The number of nitrogen functional groups attached to an aromatic ring is 1. The molecule has 4 N–H and O–H groups in total. The van der Waals surface area contributed by atoms with Crippen LogP contribution in [0.15, 0.2) is 42.5 Å². The lowest BCUT2D eigenvalue weighted by Gasteiger charge is -2.09. The van der Waals surface area contributed by atoms with Crippen molar-refractivity contribution in [2.45, 2.75) is 20.3 Å². The van der Waals surface area contributed by atoms with E-state index in [1.807, 2.05) is 43.3 Å². The van der Waals surface area contributed by atoms with Crippen LogP contribution in [0.25, 0.3) is 0 Å². The van der Waals surface area contributed by atoms with Gasteiger partial charge in [-0.1, -0.05) is 54.1 Å². The minimum absolute atomic E-state index is 0.185. The molecule has 1 aromatic heterocycles. The zero-order valence-electron chi connectivity index (χ0n) is 14.5. The molecule has 0 spiro atoms. The quantitative estimate of drug-likeness (QED) is 0.559. The summed E-state index contributed by atoms with van der Waals surface area (Å²) in [6, 6.07) is 13.5. The second-order valence-electron chi connectivity index (χ2n) is 5.79. The van der Waals surface area contributed by atoms with Crippen molar-refractivity contribution in [1.29, 1.82) is 0 Å². The van der Waals surface area contributed by atoms with Gasteiger partial charge in [0.1, 0.15) is 10.7 Å². The van der Waals surface area contributed by atoms with Crippen LogP contribution in [0.5, 0.6) is 0 Å². The number of hydrogen-bond donors (Lipinski definition) is 3. The molecule has 0 aliphatic heterocycles. The maximum Gasteiger partial charge on any atom is 0.269 e. The number of thiazole rings is 1. The molecule has 0 aliphatic rings. The number of nitrogens with two attached hydrogens (primary N) is 1. The monoisotopic (exact) mass is 386 g/mol. The summed E-state index contributed by atoms with van der Waals surface area (Å²) in [5.74, 6) is -0.143. The molecule has 0 atom stereocenters. The van der Waals surface area contributed by atoms with Gasteiger partial charge in [0.15, 0.2) is 5.13 Å². The van der Waals surface area contributed by atoms with Crippen LogP contribution >= 0.6 is 22.9 Å². The highest BCUT2D eigenvalue weighted by Crippen LogP contribution is 2.31. The van der Waals surface area contributed by atoms with Crippen LogP contribution in [-0.4, -0.2) is 10.9 Å². The summed E-state index contributed by atoms with van der Waals surface area (Å²) in [6.45, 7) is 3.99. The van der Waals surface area contributed by atoms with Gasteiger partial charge in [-0.15, -0.1) is 0 Å². The van der Waals surface area contributed by atoms with Gasteiger partial charge in [-0.3, -0.25) is 4.79 Å². The second-order valence-corrected chi connectivity index (χ2v) is 7.20. The van der Waals surface area contributed by atoms with Gasteiger partial charge in [0.2, 0.25) is 0 Å². The number of halogens is 1. The summed E-state index contributed by atoms with van der Waals surface area (Å²) in [4.78, 5) is 17.2. The third-order valence-electron chi connectivity index (χ3n) is 3.93. The first-order valence-corrected chi connectivity index (χ1v) is 9.36. The molecule has 3 rings (SSSR count). The summed E-state index contributed by atoms with van der Waals surface area (Å²) in [7, 11) is 0. The van der Waals surface area contributed by atoms with Gasteiger partial charge in [-0.25, -0.2) is 4.98 Å². The Morgan fingerprint density at radius 3 is 2.62 bits per heavy atom. The number of para-hydroxylation sites is 1. The van der Waals surface area contributed by atoms with Crippen LogP contribution < -0.4 is 16.4 Å². The Morgan fingerprint density at radius 1 is 1.23 bits per heavy atom. The van der Waals surface area contributed by atoms with E-state index >= 15 is 0 Å². The van der Waals surface area contributed by atoms with Gasteiger partial charge in [0.25, 0.3) is 5.91 Å². The zero-order chi connectivity index (χ0) is 18.7. The highest BCUT2D eigenvalue weighted by molar-refractivity contribution is 7.18. The molecule has 2 aromatic carbocycles. The van der Waals surface area contributed by atoms with Gasteiger partial charge in [0.05, 0.1) is 10.7 Å². The van der Waals surface area contributed by atoms with Crippen molar-refractivity contribution in [2.75, 3.05) is 16.4 Å². The number of aryl methyl sites for hydroxylation is 2. The lowest BCUT2D eigenvalue weighted by molar-refractivity contribution is 0.103. The average molecular weight is 387 g/mol. The van der Waals surface area contributed by atoms with Crippen molar-refractivity contribution >= 4 is 51.2 Å². The largest absolute Gasteiger partial charge is 0.382 e. The topological polar surface area (TPSA) is 80.0 Å². The number of anilines is 4. The van der Waals surface area contributed by atoms with E-state index < -0.39 is 0 Å². The number of aromatic nitrogens is 1. The molecule has 7 heteroatoms. The fraction of sp³-hybridized carbons (Fsp3) is 0.158. The first kappa shape index (κ1) is 18.2. The number of nitrogens with one attached hydrogen (secondary N) is 2. The Balaban J connectivity index is 1.77. The third-order valence-corrected chi connectivity index (χ3v) is 5.23. The Labute approximate surface area is 161 Å². The molecular formula is C19H19ClN4OS. The first-order chi connectivity index (χ1) is 12.5. The van der Waals surface area contributed by atoms with Crippen LogP contribution in [0, 0.1) is 6.92 Å². The average Bonchev–Trinajstić information content (AvgIpc) is 2.99. The predicted octanol–water partition coefficient (Wildman–Crippen LogP) is 5.25. The second kappa shape index (κ2) is 7.76. The molecule has 0 saturated carbocycles. The van der Waals surface area contributed by atoms with Crippen molar-refractivity contribution in [3.63, 3.8) is 0 Å². The summed E-state index contributed by atoms with van der Waals surface area (Å²) < 4.78 is 0. The maximum absolute atomic E-state index is 12.6. The van der Waals surface area contributed by atoms with Crippen LogP contribution in [0.2, 0.25) is 5.02 Å². The van der Waals surface area contributed by atoms with Gasteiger partial charge >= 0.3 is 0 Å². The fourth-order valence-corrected chi connectivity index (χ4v) is 3.53. The highest BCUT2D eigenvalue weighted by Gasteiger charge is 2.18. The van der Waals surface area contributed by atoms with Crippen molar-refractivity contribution in [3.8, 4) is 0 Å². The number of carbonyl (C=O) groups is 1. The number of benzene rings is 2. The number of hydrogen-bond acceptors (Lipinski definition) is 5. The molecular weight excluding hydrogens is 368 g/mol. The van der Waals surface area contributed by atoms with Gasteiger partial charge < -0.3 is 16.4 Å². The molecule has 0 unspecified atom stereocenters. The molecule has 5 nitrogen and oxygen atoms in total. The Hall–Kier alpha value is -2.57. The Kier molecular flexibility index (Phi) is 5.44. The fourth-order valence-electron chi connectivity index (χ4n) is 2.46. The number of amides is 1. The summed E-state index contributed by atoms with van der Waals surface area (Å²) in [6.07, 6.45) is 0.982. The van der Waals surface area contributed by atoms with E-state index in [1.165, 1.54) is 16.9 Å². The molecule has 0 radical (unpaired) electrons. The van der Waals surface area contributed by atoms with E-state index in [2.05, 4.69) is 22.5 Å². The lowest BCUT2D eigenvalue weighted by atomic mass is 10.1. The van der Waals surface area contributed by atoms with Gasteiger partial charge in [0, 0.05) is 5.69 Å². The Morgan fingerprint density at radius 2 is 1.96 bits per heavy atom. The summed E-state index contributed by atoms with van der Waals surface area (Å²) in [5, 5.41) is 7.04. The van der Waals surface area contributed by atoms with E-state index in [0.717, 1.165) is 17.7 Å². The van der Waals surface area contributed by atoms with Crippen LogP contribution in [0.4, 0.5) is 22.3 Å². The van der Waals surface area contributed by atoms with Crippen LogP contribution in [0.1, 0.15) is 27.7 Å². The van der Waals surface area contributed by atoms with E-state index in [-0.39, 0.29) is 11.7 Å². The molecule has 1 amide bonds. The van der Waals surface area contributed by atoms with E-state index in [9.17, 15) is 4.79 Å². The first-order valence-electron chi connectivity index (χ1n) is 8.16. The number of carbonyl (C=O) groups excluding carboxylic acids is 1. The molecule has 0 fully saturated rings. The maximum atomic E-state index is 12.6. The molecule has 0 aliphatic carbocycles. The van der Waals surface area contributed by atoms with Crippen molar-refractivity contribution < 1.29 is 4.79 Å². The number of rotatable bonds is 5. The summed E-state index contributed by atoms with van der Waals surface area (Å²) in [5.41, 5.74) is 9.54. The van der Waals surface area contributed by atoms with Gasteiger partial charge in [-0.05, 0) is 42.7 Å². The zero-order valence-corrected chi connectivity index (χ0v) is 16.0. The van der Waals surface area contributed by atoms with Crippen LogP contribution in [-0.2, 0) is 6.42 Å². The lowest BCUT2D eigenvalue weighted by Crippen LogP contribution is -2.13. The molecule has 3 aromatic rings. The van der Waals surface area contributed by atoms with Gasteiger partial charge in [-0.2, -0.15) is 0 Å². The van der Waals surface area contributed by atoms with Crippen molar-refractivity contribution in [1.82, 2.24) is 4.98 Å². The predicted molar refractivity (Wildman–Crippen MR) is 110 cm³/mol. The third kappa shape index (κ3) is 3.98. The van der Waals surface area contributed by atoms with E-state index in [1.54, 1.807) is 6.07 Å². The SMILES string of the molecule is CCc1ccc(Nc2nc(N)c(C(=O)Nc3c(C)cccc3Cl)s2)cc1. The summed E-state index contributed by atoms with van der Waals surface area (Å²) >= 11 is 7.37. The van der Waals surface area contributed by atoms with Crippen LogP contribution in [0.3, 0.4) is 0 Å². The van der Waals surface area contributed by atoms with Crippen molar-refractivity contribution in [3.05, 3.63) is 63.5 Å².